The summed E-state index contributed by atoms with van der Waals surface area (Å²) >= 11 is 1.11. The molecule has 3 N–H and O–H groups in total. The van der Waals surface area contributed by atoms with Crippen LogP contribution in [0.25, 0.3) is 0 Å². The number of rotatable bonds is 7. The number of hydrogen-bond donors (Lipinski definition) is 3. The predicted molar refractivity (Wildman–Crippen MR) is 94.0 cm³/mol. The van der Waals surface area contributed by atoms with Crippen LogP contribution in [0, 0.1) is 5.92 Å². The van der Waals surface area contributed by atoms with E-state index in [1.54, 1.807) is 5.38 Å². The standard InChI is InChI=1S/C16H24N2O5S2/c19-7-4-12-3-1-2-6-18(12)25(22,23)14-5-8-24-15(14)16(21)17-13-9-11(13)10-20/h5,8,11-13,19-20H,1-4,6-7,9-10H2,(H,17,21)/t11-,12?,13+/m0/s1. The molecule has 1 aliphatic heterocycles. The van der Waals surface area contributed by atoms with Gasteiger partial charge in [-0.15, -0.1) is 11.3 Å². The van der Waals surface area contributed by atoms with Gasteiger partial charge in [-0.3, -0.25) is 4.79 Å². The normalized spacial score (nSPS) is 27.2. The van der Waals surface area contributed by atoms with Crippen LogP contribution >= 0.6 is 11.3 Å². The van der Waals surface area contributed by atoms with E-state index in [1.165, 1.54) is 10.4 Å². The number of nitrogens with zero attached hydrogens (tertiary/aromatic N) is 1. The molecule has 7 nitrogen and oxygen atoms in total. The monoisotopic (exact) mass is 388 g/mol. The highest BCUT2D eigenvalue weighted by Crippen LogP contribution is 2.33. The number of nitrogens with one attached hydrogen (secondary N) is 1. The zero-order valence-electron chi connectivity index (χ0n) is 13.9. The highest BCUT2D eigenvalue weighted by Gasteiger charge is 2.40. The molecule has 2 heterocycles. The first-order chi connectivity index (χ1) is 12.0. The molecular weight excluding hydrogens is 364 g/mol. The highest BCUT2D eigenvalue weighted by atomic mass is 32.2. The van der Waals surface area contributed by atoms with Gasteiger partial charge in [-0.2, -0.15) is 4.31 Å². The van der Waals surface area contributed by atoms with Crippen molar-refractivity contribution in [2.75, 3.05) is 19.8 Å². The summed E-state index contributed by atoms with van der Waals surface area (Å²) in [6, 6.07) is 1.18. The number of thiophene rings is 1. The van der Waals surface area contributed by atoms with Gasteiger partial charge in [-0.25, -0.2) is 8.42 Å². The van der Waals surface area contributed by atoms with Crippen molar-refractivity contribution in [3.05, 3.63) is 16.3 Å². The van der Waals surface area contributed by atoms with Crippen LogP contribution < -0.4 is 5.32 Å². The van der Waals surface area contributed by atoms with E-state index in [0.29, 0.717) is 13.0 Å². The van der Waals surface area contributed by atoms with Crippen molar-refractivity contribution in [1.82, 2.24) is 9.62 Å². The molecule has 140 valence electrons. The summed E-state index contributed by atoms with van der Waals surface area (Å²) in [7, 11) is -3.78. The predicted octanol–water partition coefficient (Wildman–Crippen LogP) is 0.784. The Balaban J connectivity index is 1.81. The average Bonchev–Trinajstić information content (AvgIpc) is 3.15. The molecule has 25 heavy (non-hydrogen) atoms. The van der Waals surface area contributed by atoms with Crippen molar-refractivity contribution in [3.8, 4) is 0 Å². The van der Waals surface area contributed by atoms with Crippen LogP contribution in [0.1, 0.15) is 41.8 Å². The second-order valence-electron chi connectivity index (χ2n) is 6.65. The third-order valence-corrected chi connectivity index (χ3v) is 7.97. The van der Waals surface area contributed by atoms with E-state index in [4.69, 9.17) is 5.11 Å². The van der Waals surface area contributed by atoms with E-state index in [-0.39, 0.29) is 41.0 Å². The van der Waals surface area contributed by atoms with Crippen LogP contribution in [-0.4, -0.2) is 60.7 Å². The van der Waals surface area contributed by atoms with Gasteiger partial charge >= 0.3 is 0 Å². The summed E-state index contributed by atoms with van der Waals surface area (Å²) in [6.07, 6.45) is 3.59. The van der Waals surface area contributed by atoms with Gasteiger partial charge in [-0.05, 0) is 37.1 Å². The van der Waals surface area contributed by atoms with Crippen molar-refractivity contribution in [3.63, 3.8) is 0 Å². The minimum absolute atomic E-state index is 0.0250. The number of aliphatic hydroxyl groups is 2. The Morgan fingerprint density at radius 3 is 2.84 bits per heavy atom. The number of amides is 1. The summed E-state index contributed by atoms with van der Waals surface area (Å²) in [5.74, 6) is -0.328. The molecule has 9 heteroatoms. The van der Waals surface area contributed by atoms with Crippen LogP contribution in [-0.2, 0) is 10.0 Å². The smallest absolute Gasteiger partial charge is 0.262 e. The molecule has 1 aromatic rings. The van der Waals surface area contributed by atoms with E-state index < -0.39 is 15.9 Å². The number of carbonyl (C=O) groups is 1. The number of aliphatic hydroxyl groups excluding tert-OH is 2. The second kappa shape index (κ2) is 7.71. The maximum absolute atomic E-state index is 13.1. The van der Waals surface area contributed by atoms with Crippen LogP contribution in [0.4, 0.5) is 0 Å². The summed E-state index contributed by atoms with van der Waals surface area (Å²) in [5.41, 5.74) is 0. The molecular formula is C16H24N2O5S2. The van der Waals surface area contributed by atoms with Gasteiger partial charge in [0, 0.05) is 37.8 Å². The van der Waals surface area contributed by atoms with Gasteiger partial charge in [0.05, 0.1) is 0 Å². The Bertz CT molecular complexity index is 716. The van der Waals surface area contributed by atoms with Crippen LogP contribution in [0.2, 0.25) is 0 Å². The topological polar surface area (TPSA) is 107 Å². The van der Waals surface area contributed by atoms with Crippen molar-refractivity contribution in [2.45, 2.75) is 49.1 Å². The molecule has 1 saturated heterocycles. The molecule has 3 atom stereocenters. The zero-order valence-corrected chi connectivity index (χ0v) is 15.6. The lowest BCUT2D eigenvalue weighted by Crippen LogP contribution is -2.44. The summed E-state index contributed by atoms with van der Waals surface area (Å²) in [5, 5.41) is 22.7. The van der Waals surface area contributed by atoms with Gasteiger partial charge in [0.1, 0.15) is 9.77 Å². The zero-order chi connectivity index (χ0) is 18.0. The summed E-state index contributed by atoms with van der Waals surface area (Å²) in [4.78, 5) is 12.7. The molecule has 0 spiro atoms. The van der Waals surface area contributed by atoms with E-state index in [1.807, 2.05) is 0 Å². The first kappa shape index (κ1) is 18.8. The SMILES string of the molecule is O=C(N[C@@H]1C[C@H]1CO)c1sccc1S(=O)(=O)N1CCCCC1CCO. The van der Waals surface area contributed by atoms with E-state index in [2.05, 4.69) is 5.32 Å². The van der Waals surface area contributed by atoms with E-state index in [9.17, 15) is 18.3 Å². The van der Waals surface area contributed by atoms with Crippen molar-refractivity contribution < 1.29 is 23.4 Å². The van der Waals surface area contributed by atoms with Crippen LogP contribution in [0.5, 0.6) is 0 Å². The first-order valence-electron chi connectivity index (χ1n) is 8.61. The fourth-order valence-electron chi connectivity index (χ4n) is 3.38. The molecule has 0 radical (unpaired) electrons. The molecule has 1 aromatic heterocycles. The fraction of sp³-hybridized carbons (Fsp3) is 0.688. The van der Waals surface area contributed by atoms with Crippen molar-refractivity contribution in [2.24, 2.45) is 5.92 Å². The Morgan fingerprint density at radius 2 is 2.16 bits per heavy atom. The number of hydrogen-bond acceptors (Lipinski definition) is 6. The highest BCUT2D eigenvalue weighted by molar-refractivity contribution is 7.89. The third kappa shape index (κ3) is 3.90. The lowest BCUT2D eigenvalue weighted by atomic mass is 10.0. The molecule has 3 rings (SSSR count). The van der Waals surface area contributed by atoms with E-state index >= 15 is 0 Å². The van der Waals surface area contributed by atoms with Gasteiger partial charge in [-0.1, -0.05) is 6.42 Å². The average molecular weight is 389 g/mol. The maximum Gasteiger partial charge on any atom is 0.262 e. The maximum atomic E-state index is 13.1. The van der Waals surface area contributed by atoms with Crippen molar-refractivity contribution >= 4 is 27.3 Å². The Labute approximate surface area is 151 Å². The van der Waals surface area contributed by atoms with Crippen LogP contribution in [0.15, 0.2) is 16.3 Å². The summed E-state index contributed by atoms with van der Waals surface area (Å²) < 4.78 is 27.7. The van der Waals surface area contributed by atoms with Gasteiger partial charge in [0.15, 0.2) is 0 Å². The minimum atomic E-state index is -3.78. The number of piperidine rings is 1. The first-order valence-corrected chi connectivity index (χ1v) is 10.9. The molecule has 0 aromatic carbocycles. The Kier molecular flexibility index (Phi) is 5.79. The molecule has 2 aliphatic rings. The fourth-order valence-corrected chi connectivity index (χ4v) is 6.41. The van der Waals surface area contributed by atoms with Gasteiger partial charge < -0.3 is 15.5 Å². The van der Waals surface area contributed by atoms with Gasteiger partial charge in [0.2, 0.25) is 10.0 Å². The van der Waals surface area contributed by atoms with Crippen LogP contribution in [0.3, 0.4) is 0 Å². The lowest BCUT2D eigenvalue weighted by Gasteiger charge is -2.34. The number of sulfonamides is 1. The quantitative estimate of drug-likeness (QED) is 0.640. The molecule has 2 fully saturated rings. The van der Waals surface area contributed by atoms with Gasteiger partial charge in [0.25, 0.3) is 5.91 Å². The molecule has 1 saturated carbocycles. The molecule has 1 unspecified atom stereocenters. The number of carbonyl (C=O) groups excluding carboxylic acids is 1. The third-order valence-electron chi connectivity index (χ3n) is 4.93. The largest absolute Gasteiger partial charge is 0.396 e. The van der Waals surface area contributed by atoms with E-state index in [0.717, 1.165) is 37.0 Å². The lowest BCUT2D eigenvalue weighted by molar-refractivity contribution is 0.0948. The minimum Gasteiger partial charge on any atom is -0.396 e. The molecule has 1 amide bonds. The Morgan fingerprint density at radius 1 is 1.36 bits per heavy atom. The summed E-state index contributed by atoms with van der Waals surface area (Å²) in [6.45, 7) is 0.383. The molecule has 0 bridgehead atoms. The second-order valence-corrected chi connectivity index (χ2v) is 9.43. The van der Waals surface area contributed by atoms with Crippen molar-refractivity contribution in [1.29, 1.82) is 0 Å². The Hall–Kier alpha value is -1.00. The molecule has 1 aliphatic carbocycles.